The van der Waals surface area contributed by atoms with Gasteiger partial charge in [-0.3, -0.25) is 4.57 Å². The molecular formula is C51H32N4S. The second kappa shape index (κ2) is 13.3. The van der Waals surface area contributed by atoms with Crippen molar-refractivity contribution in [2.75, 3.05) is 0 Å². The quantitative estimate of drug-likeness (QED) is 0.171. The van der Waals surface area contributed by atoms with Gasteiger partial charge in [0, 0.05) is 42.1 Å². The van der Waals surface area contributed by atoms with Crippen molar-refractivity contribution in [2.45, 2.75) is 0 Å². The molecule has 5 heteroatoms. The third-order valence-corrected chi connectivity index (χ3v) is 11.8. The second-order valence-corrected chi connectivity index (χ2v) is 15.2. The standard InChI is InChI=1S/C51H32N4S/c1-3-12-33(13-4-1)39-26-28-43-44-29-27-40(32-48(44)56-47(43)31-39)38-17-11-16-37(30-38)34-22-24-36(25-23-34)50-52-49(35-14-5-2-6-15-35)53-51(54-50)55-45-20-9-7-18-41(45)42-19-8-10-21-46(42)55/h1-32H. The van der Waals surface area contributed by atoms with E-state index in [-0.39, 0.29) is 0 Å². The van der Waals surface area contributed by atoms with Crippen LogP contribution in [0.3, 0.4) is 0 Å². The minimum atomic E-state index is 0.593. The lowest BCUT2D eigenvalue weighted by Gasteiger charge is -2.11. The molecule has 0 bridgehead atoms. The highest BCUT2D eigenvalue weighted by Gasteiger charge is 2.18. The molecular weight excluding hydrogens is 701 g/mol. The fraction of sp³-hybridized carbons (Fsp3) is 0. The van der Waals surface area contributed by atoms with E-state index in [1.54, 1.807) is 0 Å². The van der Waals surface area contributed by atoms with Gasteiger partial charge in [-0.2, -0.15) is 9.97 Å². The second-order valence-electron chi connectivity index (χ2n) is 14.1. The SMILES string of the molecule is c1ccc(-c2ccc3c(c2)sc2cc(-c4cccc(-c5ccc(-c6nc(-c7ccccc7)nc(-n7c8ccccc8c8ccccc87)n6)cc5)c4)ccc23)cc1. The van der Waals surface area contributed by atoms with Gasteiger partial charge in [0.05, 0.1) is 11.0 Å². The summed E-state index contributed by atoms with van der Waals surface area (Å²) in [4.78, 5) is 15.2. The lowest BCUT2D eigenvalue weighted by atomic mass is 9.97. The summed E-state index contributed by atoms with van der Waals surface area (Å²) in [5, 5.41) is 4.94. The number of hydrogen-bond acceptors (Lipinski definition) is 4. The average molecular weight is 733 g/mol. The van der Waals surface area contributed by atoms with Crippen LogP contribution in [-0.4, -0.2) is 19.5 Å². The third-order valence-electron chi connectivity index (χ3n) is 10.7. The summed E-state index contributed by atoms with van der Waals surface area (Å²) in [6.45, 7) is 0. The zero-order valence-corrected chi connectivity index (χ0v) is 31.0. The van der Waals surface area contributed by atoms with Gasteiger partial charge in [0.1, 0.15) is 0 Å². The Balaban J connectivity index is 0.952. The van der Waals surface area contributed by atoms with Crippen LogP contribution in [0, 0.1) is 0 Å². The van der Waals surface area contributed by atoms with Crippen LogP contribution in [0.2, 0.25) is 0 Å². The van der Waals surface area contributed by atoms with Gasteiger partial charge in [-0.1, -0.05) is 164 Å². The minimum absolute atomic E-state index is 0.593. The fourth-order valence-corrected chi connectivity index (χ4v) is 9.09. The summed E-state index contributed by atoms with van der Waals surface area (Å²) >= 11 is 1.86. The first-order chi connectivity index (χ1) is 27.7. The van der Waals surface area contributed by atoms with Crippen molar-refractivity contribution in [1.29, 1.82) is 0 Å². The first-order valence-corrected chi connectivity index (χ1v) is 19.6. The summed E-state index contributed by atoms with van der Waals surface area (Å²) in [5.74, 6) is 1.86. The highest BCUT2D eigenvalue weighted by Crippen LogP contribution is 2.39. The van der Waals surface area contributed by atoms with Crippen molar-refractivity contribution in [3.63, 3.8) is 0 Å². The third kappa shape index (κ3) is 5.56. The molecule has 3 aromatic heterocycles. The Morgan fingerprint density at radius 2 is 0.714 bits per heavy atom. The number of rotatable bonds is 6. The smallest absolute Gasteiger partial charge is 0.238 e. The van der Waals surface area contributed by atoms with E-state index in [9.17, 15) is 0 Å². The maximum Gasteiger partial charge on any atom is 0.238 e. The van der Waals surface area contributed by atoms with Gasteiger partial charge in [0.2, 0.25) is 5.95 Å². The summed E-state index contributed by atoms with van der Waals surface area (Å²) in [7, 11) is 0. The van der Waals surface area contributed by atoms with Crippen LogP contribution < -0.4 is 0 Å². The Bertz CT molecular complexity index is 3180. The van der Waals surface area contributed by atoms with Crippen molar-refractivity contribution in [2.24, 2.45) is 0 Å². The molecule has 0 radical (unpaired) electrons. The molecule has 8 aromatic carbocycles. The summed E-state index contributed by atoms with van der Waals surface area (Å²) in [6, 6.07) is 68.7. The van der Waals surface area contributed by atoms with Gasteiger partial charge in [0.15, 0.2) is 11.6 Å². The lowest BCUT2D eigenvalue weighted by Crippen LogP contribution is -2.06. The van der Waals surface area contributed by atoms with Crippen LogP contribution in [0.4, 0.5) is 0 Å². The zero-order valence-electron chi connectivity index (χ0n) is 30.2. The number of nitrogens with zero attached hydrogens (tertiary/aromatic N) is 4. The van der Waals surface area contributed by atoms with Crippen LogP contribution in [0.5, 0.6) is 0 Å². The molecule has 0 N–H and O–H groups in total. The molecule has 0 aliphatic carbocycles. The molecule has 0 atom stereocenters. The van der Waals surface area contributed by atoms with E-state index in [1.165, 1.54) is 53.2 Å². The highest BCUT2D eigenvalue weighted by molar-refractivity contribution is 7.25. The van der Waals surface area contributed by atoms with Gasteiger partial charge in [0.25, 0.3) is 0 Å². The molecule has 4 nitrogen and oxygen atoms in total. The summed E-state index contributed by atoms with van der Waals surface area (Å²) < 4.78 is 4.76. The number of thiophene rings is 1. The Kier molecular flexibility index (Phi) is 7.64. The molecule has 0 fully saturated rings. The van der Waals surface area contributed by atoms with Crippen molar-refractivity contribution in [3.05, 3.63) is 194 Å². The summed E-state index contributed by atoms with van der Waals surface area (Å²) in [6.07, 6.45) is 0. The molecule has 0 amide bonds. The van der Waals surface area contributed by atoms with Crippen LogP contribution in [0.25, 0.3) is 104 Å². The van der Waals surface area contributed by atoms with Crippen molar-refractivity contribution < 1.29 is 0 Å². The average Bonchev–Trinajstić information content (AvgIpc) is 3.82. The topological polar surface area (TPSA) is 43.6 Å². The maximum absolute atomic E-state index is 5.13. The Labute approximate surface area is 327 Å². The molecule has 262 valence electrons. The van der Waals surface area contributed by atoms with Crippen molar-refractivity contribution >= 4 is 53.3 Å². The molecule has 3 heterocycles. The zero-order chi connectivity index (χ0) is 37.0. The van der Waals surface area contributed by atoms with Gasteiger partial charge < -0.3 is 0 Å². The number of fused-ring (bicyclic) bond motifs is 6. The molecule has 0 spiro atoms. The molecule has 11 rings (SSSR count). The van der Waals surface area contributed by atoms with E-state index < -0.39 is 0 Å². The van der Waals surface area contributed by atoms with E-state index in [2.05, 4.69) is 168 Å². The number of aromatic nitrogens is 4. The van der Waals surface area contributed by atoms with E-state index >= 15 is 0 Å². The van der Waals surface area contributed by atoms with Crippen LogP contribution in [0.1, 0.15) is 0 Å². The summed E-state index contributed by atoms with van der Waals surface area (Å²) in [5.41, 5.74) is 11.2. The molecule has 56 heavy (non-hydrogen) atoms. The molecule has 0 aliphatic rings. The fourth-order valence-electron chi connectivity index (χ4n) is 7.91. The maximum atomic E-state index is 5.13. The number of hydrogen-bond donors (Lipinski definition) is 0. The number of para-hydroxylation sites is 2. The van der Waals surface area contributed by atoms with Gasteiger partial charge >= 0.3 is 0 Å². The van der Waals surface area contributed by atoms with Gasteiger partial charge in [-0.15, -0.1) is 11.3 Å². The number of benzene rings is 8. The predicted octanol–water partition coefficient (Wildman–Crippen LogP) is 13.7. The van der Waals surface area contributed by atoms with Crippen molar-refractivity contribution in [1.82, 2.24) is 19.5 Å². The van der Waals surface area contributed by atoms with Crippen molar-refractivity contribution in [3.8, 4) is 62.1 Å². The van der Waals surface area contributed by atoms with Crippen LogP contribution in [0.15, 0.2) is 194 Å². The molecule has 0 unspecified atom stereocenters. The van der Waals surface area contributed by atoms with Crippen LogP contribution >= 0.6 is 11.3 Å². The first-order valence-electron chi connectivity index (χ1n) is 18.8. The highest BCUT2D eigenvalue weighted by atomic mass is 32.1. The first kappa shape index (κ1) is 32.2. The van der Waals surface area contributed by atoms with E-state index in [4.69, 9.17) is 15.0 Å². The van der Waals surface area contributed by atoms with E-state index in [1.807, 2.05) is 41.7 Å². The normalized spacial score (nSPS) is 11.6. The van der Waals surface area contributed by atoms with E-state index in [0.717, 1.165) is 33.3 Å². The minimum Gasteiger partial charge on any atom is -0.278 e. The van der Waals surface area contributed by atoms with Gasteiger partial charge in [-0.05, 0) is 63.7 Å². The Morgan fingerprint density at radius 3 is 1.32 bits per heavy atom. The molecule has 0 aliphatic heterocycles. The molecule has 0 saturated carbocycles. The monoisotopic (exact) mass is 732 g/mol. The largest absolute Gasteiger partial charge is 0.278 e. The Hall–Kier alpha value is -7.21. The van der Waals surface area contributed by atoms with E-state index in [0.29, 0.717) is 17.6 Å². The lowest BCUT2D eigenvalue weighted by molar-refractivity contribution is 0.953. The predicted molar refractivity (Wildman–Crippen MR) is 234 cm³/mol. The van der Waals surface area contributed by atoms with Crippen LogP contribution in [-0.2, 0) is 0 Å². The molecule has 0 saturated heterocycles. The van der Waals surface area contributed by atoms with Gasteiger partial charge in [-0.25, -0.2) is 4.98 Å². The molecule has 11 aromatic rings. The Morgan fingerprint density at radius 1 is 0.304 bits per heavy atom.